The SMILES string of the molecule is CC1(C)OB(C(F)=C(c2ccccc2)C2CCOCC2)OC1(C)C. The van der Waals surface area contributed by atoms with Gasteiger partial charge in [0.2, 0.25) is 0 Å². The van der Waals surface area contributed by atoms with Crippen LogP contribution >= 0.6 is 0 Å². The summed E-state index contributed by atoms with van der Waals surface area (Å²) in [6.45, 7) is 9.09. The Bertz CT molecular complexity index is 590. The van der Waals surface area contributed by atoms with Crippen molar-refractivity contribution >= 4 is 12.7 Å². The van der Waals surface area contributed by atoms with Gasteiger partial charge in [-0.25, -0.2) is 4.39 Å². The maximum absolute atomic E-state index is 15.5. The Balaban J connectivity index is 1.99. The van der Waals surface area contributed by atoms with E-state index in [2.05, 4.69) is 0 Å². The number of rotatable bonds is 3. The zero-order valence-electron chi connectivity index (χ0n) is 15.0. The van der Waals surface area contributed by atoms with Crippen molar-refractivity contribution in [1.82, 2.24) is 0 Å². The molecule has 0 spiro atoms. The molecule has 130 valence electrons. The fraction of sp³-hybridized carbons (Fsp3) is 0.579. The highest BCUT2D eigenvalue weighted by molar-refractivity contribution is 6.55. The Hall–Kier alpha value is -1.17. The van der Waals surface area contributed by atoms with Crippen molar-refractivity contribution in [1.29, 1.82) is 0 Å². The average molecular weight is 332 g/mol. The molecule has 0 radical (unpaired) electrons. The van der Waals surface area contributed by atoms with E-state index in [1.54, 1.807) is 0 Å². The minimum absolute atomic E-state index is 0.125. The number of halogens is 1. The summed E-state index contributed by atoms with van der Waals surface area (Å²) in [6, 6.07) is 9.72. The minimum atomic E-state index is -0.951. The van der Waals surface area contributed by atoms with Gasteiger partial charge in [-0.05, 0) is 57.6 Å². The van der Waals surface area contributed by atoms with Gasteiger partial charge in [-0.1, -0.05) is 30.3 Å². The number of hydrogen-bond donors (Lipinski definition) is 0. The molecule has 2 heterocycles. The zero-order chi connectivity index (χ0) is 17.4. The monoisotopic (exact) mass is 332 g/mol. The van der Waals surface area contributed by atoms with Gasteiger partial charge in [0.25, 0.3) is 0 Å². The van der Waals surface area contributed by atoms with E-state index in [9.17, 15) is 0 Å². The highest BCUT2D eigenvalue weighted by Crippen LogP contribution is 2.42. The lowest BCUT2D eigenvalue weighted by Gasteiger charge is -2.32. The fourth-order valence-electron chi connectivity index (χ4n) is 3.25. The molecule has 0 N–H and O–H groups in total. The van der Waals surface area contributed by atoms with Crippen molar-refractivity contribution in [3.05, 3.63) is 41.6 Å². The van der Waals surface area contributed by atoms with Crippen molar-refractivity contribution < 1.29 is 18.4 Å². The van der Waals surface area contributed by atoms with E-state index in [0.717, 1.165) is 18.4 Å². The Morgan fingerprint density at radius 2 is 1.54 bits per heavy atom. The molecular formula is C19H26BFO3. The highest BCUT2D eigenvalue weighted by Gasteiger charge is 2.53. The Morgan fingerprint density at radius 3 is 2.08 bits per heavy atom. The molecule has 2 fully saturated rings. The van der Waals surface area contributed by atoms with Crippen LogP contribution in [0.25, 0.3) is 5.57 Å². The summed E-state index contributed by atoms with van der Waals surface area (Å²) in [5.41, 5.74) is 0.208. The third-order valence-corrected chi connectivity index (χ3v) is 5.43. The van der Waals surface area contributed by atoms with Crippen LogP contribution in [0.4, 0.5) is 4.39 Å². The standard InChI is InChI=1S/C19H26BFO3/c1-18(2)19(3,4)24-20(23-18)17(21)16(14-8-6-5-7-9-14)15-10-12-22-13-11-15/h5-9,15H,10-13H2,1-4H3. The van der Waals surface area contributed by atoms with Crippen LogP contribution in [0.2, 0.25) is 0 Å². The van der Waals surface area contributed by atoms with Gasteiger partial charge in [-0.3, -0.25) is 0 Å². The van der Waals surface area contributed by atoms with Crippen LogP contribution in [0, 0.1) is 5.92 Å². The first kappa shape index (κ1) is 17.7. The number of hydrogen-bond acceptors (Lipinski definition) is 3. The van der Waals surface area contributed by atoms with Gasteiger partial charge in [0.05, 0.1) is 11.2 Å². The predicted molar refractivity (Wildman–Crippen MR) is 94.1 cm³/mol. The van der Waals surface area contributed by atoms with E-state index in [-0.39, 0.29) is 11.6 Å². The predicted octanol–water partition coefficient (Wildman–Crippen LogP) is 4.43. The molecule has 5 heteroatoms. The van der Waals surface area contributed by atoms with E-state index < -0.39 is 18.3 Å². The Morgan fingerprint density at radius 1 is 1.00 bits per heavy atom. The van der Waals surface area contributed by atoms with Gasteiger partial charge < -0.3 is 14.0 Å². The largest absolute Gasteiger partial charge is 0.525 e. The maximum Gasteiger partial charge on any atom is 0.525 e. The third kappa shape index (κ3) is 3.30. The van der Waals surface area contributed by atoms with Gasteiger partial charge in [0.1, 0.15) is 5.73 Å². The quantitative estimate of drug-likeness (QED) is 0.767. The summed E-state index contributed by atoms with van der Waals surface area (Å²) in [5, 5.41) is 0. The number of ether oxygens (including phenoxy) is 1. The van der Waals surface area contributed by atoms with Crippen LogP contribution in [0.3, 0.4) is 0 Å². The van der Waals surface area contributed by atoms with E-state index >= 15 is 4.39 Å². The first-order valence-corrected chi connectivity index (χ1v) is 8.70. The van der Waals surface area contributed by atoms with E-state index in [0.29, 0.717) is 18.8 Å². The summed E-state index contributed by atoms with van der Waals surface area (Å²) in [5.74, 6) is 0.125. The molecule has 2 aliphatic heterocycles. The van der Waals surface area contributed by atoms with Crippen LogP contribution in [0.5, 0.6) is 0 Å². The molecule has 3 rings (SSSR count). The summed E-state index contributed by atoms with van der Waals surface area (Å²) in [4.78, 5) is 0. The van der Waals surface area contributed by atoms with Crippen molar-refractivity contribution in [2.75, 3.05) is 13.2 Å². The Kier molecular flexibility index (Phi) is 4.87. The lowest BCUT2D eigenvalue weighted by atomic mass is 9.76. The second kappa shape index (κ2) is 6.62. The summed E-state index contributed by atoms with van der Waals surface area (Å²) in [7, 11) is -0.951. The molecule has 0 unspecified atom stereocenters. The van der Waals surface area contributed by atoms with E-state index in [1.807, 2.05) is 58.0 Å². The van der Waals surface area contributed by atoms with Gasteiger partial charge in [-0.2, -0.15) is 0 Å². The van der Waals surface area contributed by atoms with Gasteiger partial charge >= 0.3 is 7.12 Å². The van der Waals surface area contributed by atoms with Crippen LogP contribution in [-0.2, 0) is 14.0 Å². The lowest BCUT2D eigenvalue weighted by molar-refractivity contribution is 0.00578. The first-order chi connectivity index (χ1) is 11.3. The molecular weight excluding hydrogens is 306 g/mol. The van der Waals surface area contributed by atoms with Crippen molar-refractivity contribution in [3.8, 4) is 0 Å². The summed E-state index contributed by atoms with van der Waals surface area (Å²) in [6.07, 6.45) is 1.63. The highest BCUT2D eigenvalue weighted by atomic mass is 19.1. The van der Waals surface area contributed by atoms with Crippen LogP contribution in [0.1, 0.15) is 46.1 Å². The fourth-order valence-corrected chi connectivity index (χ4v) is 3.25. The molecule has 0 aromatic heterocycles. The second-order valence-corrected chi connectivity index (χ2v) is 7.60. The van der Waals surface area contributed by atoms with E-state index in [4.69, 9.17) is 14.0 Å². The molecule has 24 heavy (non-hydrogen) atoms. The summed E-state index contributed by atoms with van der Waals surface area (Å²) >= 11 is 0. The van der Waals surface area contributed by atoms with Crippen molar-refractivity contribution in [2.45, 2.75) is 51.7 Å². The summed E-state index contributed by atoms with van der Waals surface area (Å²) < 4.78 is 32.8. The molecule has 0 saturated carbocycles. The molecule has 2 aliphatic rings. The van der Waals surface area contributed by atoms with Gasteiger partial charge in [-0.15, -0.1) is 0 Å². The molecule has 2 saturated heterocycles. The van der Waals surface area contributed by atoms with Crippen LogP contribution in [-0.4, -0.2) is 31.5 Å². The van der Waals surface area contributed by atoms with Crippen LogP contribution < -0.4 is 0 Å². The van der Waals surface area contributed by atoms with Crippen molar-refractivity contribution in [3.63, 3.8) is 0 Å². The third-order valence-electron chi connectivity index (χ3n) is 5.43. The molecule has 0 amide bonds. The molecule has 0 bridgehead atoms. The average Bonchev–Trinajstić information content (AvgIpc) is 2.78. The topological polar surface area (TPSA) is 27.7 Å². The van der Waals surface area contributed by atoms with E-state index in [1.165, 1.54) is 0 Å². The first-order valence-electron chi connectivity index (χ1n) is 8.70. The van der Waals surface area contributed by atoms with Crippen molar-refractivity contribution in [2.24, 2.45) is 5.92 Å². The maximum atomic E-state index is 15.5. The van der Waals surface area contributed by atoms with Gasteiger partial charge in [0.15, 0.2) is 0 Å². The Labute approximate surface area is 144 Å². The minimum Gasteiger partial charge on any atom is -0.398 e. The number of benzene rings is 1. The normalized spacial score (nSPS) is 24.8. The zero-order valence-corrected chi connectivity index (χ0v) is 15.0. The van der Waals surface area contributed by atoms with Crippen LogP contribution in [0.15, 0.2) is 36.1 Å². The smallest absolute Gasteiger partial charge is 0.398 e. The molecule has 0 atom stereocenters. The molecule has 1 aromatic rings. The second-order valence-electron chi connectivity index (χ2n) is 7.60. The van der Waals surface area contributed by atoms with Gasteiger partial charge in [0, 0.05) is 13.2 Å². The lowest BCUT2D eigenvalue weighted by Crippen LogP contribution is -2.41. The number of allylic oxidation sites excluding steroid dienone is 1. The molecule has 3 nitrogen and oxygen atoms in total. The molecule has 1 aromatic carbocycles. The molecule has 0 aliphatic carbocycles.